The lowest BCUT2D eigenvalue weighted by molar-refractivity contribution is -0.151. The molecule has 1 aliphatic heterocycles. The van der Waals surface area contributed by atoms with Crippen LogP contribution in [0, 0.1) is 0 Å². The predicted molar refractivity (Wildman–Crippen MR) is 89.1 cm³/mol. The number of rotatable bonds is 8. The number of esters is 1. The lowest BCUT2D eigenvalue weighted by Gasteiger charge is -2.17. The summed E-state index contributed by atoms with van der Waals surface area (Å²) in [4.78, 5) is 36.8. The lowest BCUT2D eigenvalue weighted by Crippen LogP contribution is -2.38. The summed E-state index contributed by atoms with van der Waals surface area (Å²) in [5.41, 5.74) is 9.68. The molecular formula is C15H24N4O7. The van der Waals surface area contributed by atoms with Crippen LogP contribution in [0.4, 0.5) is 0 Å². The predicted octanol–water partition coefficient (Wildman–Crippen LogP) is -2.84. The Morgan fingerprint density at radius 2 is 2.08 bits per heavy atom. The largest absolute Gasteiger partial charge is 0.462 e. The number of nitrogens with one attached hydrogen (secondary N) is 1. The Bertz CT molecular complexity index is 718. The van der Waals surface area contributed by atoms with E-state index in [0.29, 0.717) is 19.4 Å². The molecule has 2 rings (SSSR count). The quantitative estimate of drug-likeness (QED) is 0.237. The molecule has 0 amide bonds. The van der Waals surface area contributed by atoms with E-state index in [1.807, 2.05) is 4.98 Å². The number of aliphatic hydroxyl groups excluding tert-OH is 2. The molecule has 1 fully saturated rings. The molecule has 1 aromatic rings. The minimum Gasteiger partial charge on any atom is -0.462 e. The highest BCUT2D eigenvalue weighted by Crippen LogP contribution is 2.28. The zero-order chi connectivity index (χ0) is 19.3. The number of carbonyl (C=O) groups is 1. The molecule has 0 radical (unpaired) electrons. The SMILES string of the molecule is NCCCC[C@H](N)C(=O)OC[C@H]1O[C@@H](n2ccc(=O)[nH]c2=O)[C@H](O)[C@@H]1O. The third-order valence-electron chi connectivity index (χ3n) is 4.12. The van der Waals surface area contributed by atoms with Crippen molar-refractivity contribution < 1.29 is 24.5 Å². The number of carbonyl (C=O) groups excluding carboxylic acids is 1. The van der Waals surface area contributed by atoms with E-state index in [0.717, 1.165) is 23.3 Å². The summed E-state index contributed by atoms with van der Waals surface area (Å²) in [6, 6.07) is 0.264. The van der Waals surface area contributed by atoms with E-state index in [2.05, 4.69) is 0 Å². The number of aromatic nitrogens is 2. The molecule has 1 saturated heterocycles. The Kier molecular flexibility index (Phi) is 7.06. The summed E-state index contributed by atoms with van der Waals surface area (Å²) < 4.78 is 11.4. The fourth-order valence-electron chi connectivity index (χ4n) is 2.62. The molecule has 26 heavy (non-hydrogen) atoms. The minimum atomic E-state index is -1.44. The second-order valence-corrected chi connectivity index (χ2v) is 6.08. The standard InChI is InChI=1S/C15H24N4O7/c16-5-2-1-3-8(17)14(23)25-7-9-11(21)12(22)13(26-9)19-6-4-10(20)18-15(19)24/h4,6,8-9,11-13,21-22H,1-3,5,7,16-17H2,(H,18,20,24)/t8-,9+,11+,12+,13+/m0/s1. The molecule has 1 aromatic heterocycles. The van der Waals surface area contributed by atoms with Gasteiger partial charge < -0.3 is 31.2 Å². The van der Waals surface area contributed by atoms with E-state index in [1.54, 1.807) is 0 Å². The molecule has 7 N–H and O–H groups in total. The van der Waals surface area contributed by atoms with Crippen molar-refractivity contribution in [3.63, 3.8) is 0 Å². The summed E-state index contributed by atoms with van der Waals surface area (Å²) in [6.07, 6.45) is -2.12. The first-order valence-corrected chi connectivity index (χ1v) is 8.30. The third-order valence-corrected chi connectivity index (χ3v) is 4.12. The van der Waals surface area contributed by atoms with Crippen LogP contribution < -0.4 is 22.7 Å². The number of H-pyrrole nitrogens is 1. The fraction of sp³-hybridized carbons (Fsp3) is 0.667. The van der Waals surface area contributed by atoms with Crippen molar-refractivity contribution in [3.8, 4) is 0 Å². The summed E-state index contributed by atoms with van der Waals surface area (Å²) >= 11 is 0. The van der Waals surface area contributed by atoms with Crippen molar-refractivity contribution in [1.29, 1.82) is 0 Å². The van der Waals surface area contributed by atoms with E-state index in [1.165, 1.54) is 0 Å². The number of unbranched alkanes of at least 4 members (excludes halogenated alkanes) is 1. The Balaban J connectivity index is 1.94. The molecule has 0 bridgehead atoms. The number of nitrogens with two attached hydrogens (primary N) is 2. The van der Waals surface area contributed by atoms with Gasteiger partial charge in [-0.15, -0.1) is 0 Å². The topological polar surface area (TPSA) is 183 Å². The maximum absolute atomic E-state index is 11.9. The number of aromatic amines is 1. The average molecular weight is 372 g/mol. The normalized spacial score (nSPS) is 26.6. The van der Waals surface area contributed by atoms with Gasteiger partial charge >= 0.3 is 11.7 Å². The maximum Gasteiger partial charge on any atom is 0.330 e. The minimum absolute atomic E-state index is 0.337. The van der Waals surface area contributed by atoms with E-state index in [4.69, 9.17) is 20.9 Å². The van der Waals surface area contributed by atoms with Gasteiger partial charge in [-0.05, 0) is 19.4 Å². The van der Waals surface area contributed by atoms with Crippen LogP contribution >= 0.6 is 0 Å². The summed E-state index contributed by atoms with van der Waals surface area (Å²) in [7, 11) is 0. The first-order chi connectivity index (χ1) is 12.3. The van der Waals surface area contributed by atoms with Gasteiger partial charge in [-0.25, -0.2) is 4.79 Å². The van der Waals surface area contributed by atoms with Crippen molar-refractivity contribution in [3.05, 3.63) is 33.1 Å². The molecular weight excluding hydrogens is 348 g/mol. The van der Waals surface area contributed by atoms with Crippen LogP contribution in [0.15, 0.2) is 21.9 Å². The van der Waals surface area contributed by atoms with E-state index in [-0.39, 0.29) is 6.61 Å². The van der Waals surface area contributed by atoms with Crippen molar-refractivity contribution in [2.45, 2.75) is 49.8 Å². The Morgan fingerprint density at radius 3 is 2.73 bits per heavy atom. The number of nitrogens with zero attached hydrogens (tertiary/aromatic N) is 1. The summed E-state index contributed by atoms with van der Waals surface area (Å²) in [5, 5.41) is 20.1. The van der Waals surface area contributed by atoms with E-state index >= 15 is 0 Å². The van der Waals surface area contributed by atoms with Crippen molar-refractivity contribution in [2.75, 3.05) is 13.2 Å². The Hall–Kier alpha value is -2.05. The second-order valence-electron chi connectivity index (χ2n) is 6.08. The van der Waals surface area contributed by atoms with Gasteiger partial charge in [0.25, 0.3) is 5.56 Å². The molecule has 0 aliphatic carbocycles. The smallest absolute Gasteiger partial charge is 0.330 e. The van der Waals surface area contributed by atoms with Crippen molar-refractivity contribution in [1.82, 2.24) is 9.55 Å². The molecule has 0 aromatic carbocycles. The van der Waals surface area contributed by atoms with Crippen molar-refractivity contribution >= 4 is 5.97 Å². The van der Waals surface area contributed by atoms with Gasteiger partial charge in [-0.3, -0.25) is 19.1 Å². The van der Waals surface area contributed by atoms with Crippen LogP contribution in [-0.4, -0.2) is 63.2 Å². The van der Waals surface area contributed by atoms with E-state index < -0.39 is 47.8 Å². The van der Waals surface area contributed by atoms with Gasteiger partial charge in [0, 0.05) is 12.3 Å². The Labute approximate surface area is 148 Å². The monoisotopic (exact) mass is 372 g/mol. The highest BCUT2D eigenvalue weighted by Gasteiger charge is 2.44. The van der Waals surface area contributed by atoms with E-state index in [9.17, 15) is 24.6 Å². The maximum atomic E-state index is 11.9. The van der Waals surface area contributed by atoms with Gasteiger partial charge in [0.05, 0.1) is 0 Å². The van der Waals surface area contributed by atoms with Crippen LogP contribution in [0.25, 0.3) is 0 Å². The van der Waals surface area contributed by atoms with Gasteiger partial charge in [0.2, 0.25) is 0 Å². The molecule has 11 nitrogen and oxygen atoms in total. The van der Waals surface area contributed by atoms with Gasteiger partial charge in [0.15, 0.2) is 6.23 Å². The zero-order valence-electron chi connectivity index (χ0n) is 14.1. The molecule has 0 spiro atoms. The van der Waals surface area contributed by atoms with Crippen LogP contribution in [0.1, 0.15) is 25.5 Å². The lowest BCUT2D eigenvalue weighted by atomic mass is 10.1. The van der Waals surface area contributed by atoms with Crippen LogP contribution in [0.2, 0.25) is 0 Å². The molecule has 5 atom stereocenters. The highest BCUT2D eigenvalue weighted by molar-refractivity contribution is 5.75. The molecule has 1 aliphatic rings. The number of aliphatic hydroxyl groups is 2. The van der Waals surface area contributed by atoms with Gasteiger partial charge in [-0.1, -0.05) is 6.42 Å². The first-order valence-electron chi connectivity index (χ1n) is 8.30. The van der Waals surface area contributed by atoms with Gasteiger partial charge in [-0.2, -0.15) is 0 Å². The van der Waals surface area contributed by atoms with Crippen LogP contribution in [0.3, 0.4) is 0 Å². The molecule has 0 unspecified atom stereocenters. The fourth-order valence-corrected chi connectivity index (χ4v) is 2.62. The summed E-state index contributed by atoms with van der Waals surface area (Å²) in [5.74, 6) is -0.656. The van der Waals surface area contributed by atoms with Crippen molar-refractivity contribution in [2.24, 2.45) is 11.5 Å². The summed E-state index contributed by atoms with van der Waals surface area (Å²) in [6.45, 7) is 0.170. The van der Waals surface area contributed by atoms with Crippen LogP contribution in [-0.2, 0) is 14.3 Å². The molecule has 2 heterocycles. The first kappa shape index (κ1) is 20.3. The Morgan fingerprint density at radius 1 is 1.35 bits per heavy atom. The average Bonchev–Trinajstić information content (AvgIpc) is 2.88. The van der Waals surface area contributed by atoms with Gasteiger partial charge in [0.1, 0.15) is 31.0 Å². The second kappa shape index (κ2) is 9.05. The zero-order valence-corrected chi connectivity index (χ0v) is 14.1. The number of hydrogen-bond donors (Lipinski definition) is 5. The molecule has 146 valence electrons. The number of hydrogen-bond acceptors (Lipinski definition) is 9. The highest BCUT2D eigenvalue weighted by atomic mass is 16.6. The molecule has 0 saturated carbocycles. The number of ether oxygens (including phenoxy) is 2. The third kappa shape index (κ3) is 4.77. The molecule has 11 heteroatoms. The van der Waals surface area contributed by atoms with Crippen LogP contribution in [0.5, 0.6) is 0 Å².